The van der Waals surface area contributed by atoms with Crippen molar-refractivity contribution in [1.29, 1.82) is 0 Å². The standard InChI is InChI=1S/C16H17ClN2O3S/c1-11(13-4-3-5-14(17)10-13)18-16(20)12-6-8-15(9-7-12)19-23(2,21)22/h3-11,19H,1-2H3,(H,18,20)/t11-/m0/s1. The van der Waals surface area contributed by atoms with Crippen LogP contribution in [0.3, 0.4) is 0 Å². The highest BCUT2D eigenvalue weighted by Crippen LogP contribution is 2.18. The molecule has 0 aromatic heterocycles. The average molecular weight is 353 g/mol. The fraction of sp³-hybridized carbons (Fsp3) is 0.188. The third-order valence-electron chi connectivity index (χ3n) is 3.15. The molecule has 2 rings (SSSR count). The number of hydrogen-bond donors (Lipinski definition) is 2. The highest BCUT2D eigenvalue weighted by Gasteiger charge is 2.12. The van der Waals surface area contributed by atoms with Crippen LogP contribution in [0.15, 0.2) is 48.5 Å². The summed E-state index contributed by atoms with van der Waals surface area (Å²) >= 11 is 5.94. The van der Waals surface area contributed by atoms with Crippen LogP contribution in [0.25, 0.3) is 0 Å². The highest BCUT2D eigenvalue weighted by atomic mass is 35.5. The second-order valence-corrected chi connectivity index (χ2v) is 7.39. The van der Waals surface area contributed by atoms with Gasteiger partial charge in [0.2, 0.25) is 10.0 Å². The van der Waals surface area contributed by atoms with Crippen molar-refractivity contribution in [1.82, 2.24) is 5.32 Å². The zero-order chi connectivity index (χ0) is 17.0. The molecule has 1 atom stereocenters. The van der Waals surface area contributed by atoms with Crippen LogP contribution >= 0.6 is 11.6 Å². The van der Waals surface area contributed by atoms with Crippen LogP contribution in [0, 0.1) is 0 Å². The van der Waals surface area contributed by atoms with Gasteiger partial charge in [-0.15, -0.1) is 0 Å². The van der Waals surface area contributed by atoms with E-state index in [2.05, 4.69) is 10.0 Å². The van der Waals surface area contributed by atoms with E-state index in [9.17, 15) is 13.2 Å². The monoisotopic (exact) mass is 352 g/mol. The molecule has 2 aromatic carbocycles. The molecule has 0 saturated carbocycles. The Morgan fingerprint density at radius 2 is 1.78 bits per heavy atom. The molecule has 122 valence electrons. The van der Waals surface area contributed by atoms with Gasteiger partial charge in [0.05, 0.1) is 12.3 Å². The van der Waals surface area contributed by atoms with E-state index < -0.39 is 10.0 Å². The van der Waals surface area contributed by atoms with E-state index in [0.717, 1.165) is 11.8 Å². The summed E-state index contributed by atoms with van der Waals surface area (Å²) in [5.41, 5.74) is 1.76. The molecule has 0 saturated heterocycles. The van der Waals surface area contributed by atoms with Crippen molar-refractivity contribution < 1.29 is 13.2 Å². The van der Waals surface area contributed by atoms with Crippen molar-refractivity contribution in [2.24, 2.45) is 0 Å². The molecule has 2 N–H and O–H groups in total. The first-order valence-corrected chi connectivity index (χ1v) is 9.16. The fourth-order valence-corrected chi connectivity index (χ4v) is 2.81. The Morgan fingerprint density at radius 3 is 2.35 bits per heavy atom. The lowest BCUT2D eigenvalue weighted by atomic mass is 10.1. The Balaban J connectivity index is 2.06. The number of anilines is 1. The first-order chi connectivity index (χ1) is 10.7. The van der Waals surface area contributed by atoms with Crippen LogP contribution in [0.4, 0.5) is 5.69 Å². The number of carbonyl (C=O) groups is 1. The van der Waals surface area contributed by atoms with Gasteiger partial charge < -0.3 is 5.32 Å². The van der Waals surface area contributed by atoms with E-state index in [1.54, 1.807) is 36.4 Å². The molecule has 23 heavy (non-hydrogen) atoms. The van der Waals surface area contributed by atoms with Crippen molar-refractivity contribution in [3.63, 3.8) is 0 Å². The summed E-state index contributed by atoms with van der Waals surface area (Å²) < 4.78 is 24.6. The zero-order valence-electron chi connectivity index (χ0n) is 12.7. The van der Waals surface area contributed by atoms with Crippen LogP contribution in [0.1, 0.15) is 28.9 Å². The van der Waals surface area contributed by atoms with Crippen molar-refractivity contribution in [2.45, 2.75) is 13.0 Å². The molecule has 7 heteroatoms. The molecule has 1 amide bonds. The van der Waals surface area contributed by atoms with Gasteiger partial charge in [-0.1, -0.05) is 23.7 Å². The zero-order valence-corrected chi connectivity index (χ0v) is 14.3. The summed E-state index contributed by atoms with van der Waals surface area (Å²) in [5.74, 6) is -0.247. The first kappa shape index (κ1) is 17.3. The summed E-state index contributed by atoms with van der Waals surface area (Å²) in [7, 11) is -3.33. The number of nitrogens with one attached hydrogen (secondary N) is 2. The van der Waals surface area contributed by atoms with Crippen molar-refractivity contribution in [3.8, 4) is 0 Å². The normalized spacial score (nSPS) is 12.5. The van der Waals surface area contributed by atoms with Gasteiger partial charge in [0, 0.05) is 16.3 Å². The molecular weight excluding hydrogens is 336 g/mol. The molecule has 0 fully saturated rings. The number of sulfonamides is 1. The second-order valence-electron chi connectivity index (χ2n) is 5.20. The van der Waals surface area contributed by atoms with Crippen LogP contribution in [-0.4, -0.2) is 20.6 Å². The number of hydrogen-bond acceptors (Lipinski definition) is 3. The lowest BCUT2D eigenvalue weighted by Gasteiger charge is -2.15. The Hall–Kier alpha value is -2.05. The Labute approximate surface area is 140 Å². The number of halogens is 1. The smallest absolute Gasteiger partial charge is 0.251 e. The molecule has 0 aliphatic rings. The number of rotatable bonds is 5. The quantitative estimate of drug-likeness (QED) is 0.867. The number of benzene rings is 2. The van der Waals surface area contributed by atoms with E-state index in [-0.39, 0.29) is 11.9 Å². The second kappa shape index (κ2) is 7.02. The van der Waals surface area contributed by atoms with Gasteiger partial charge in [0.1, 0.15) is 0 Å². The number of amides is 1. The third kappa shape index (κ3) is 5.26. The molecule has 0 bridgehead atoms. The molecular formula is C16H17ClN2O3S. The Kier molecular flexibility index (Phi) is 5.28. The topological polar surface area (TPSA) is 75.3 Å². The minimum absolute atomic E-state index is 0.199. The lowest BCUT2D eigenvalue weighted by molar-refractivity contribution is 0.0940. The molecule has 0 aliphatic carbocycles. The third-order valence-corrected chi connectivity index (χ3v) is 3.99. The summed E-state index contributed by atoms with van der Waals surface area (Å²) in [6.07, 6.45) is 1.07. The Morgan fingerprint density at radius 1 is 1.13 bits per heavy atom. The molecule has 0 heterocycles. The molecule has 5 nitrogen and oxygen atoms in total. The molecule has 0 radical (unpaired) electrons. The van der Waals surface area contributed by atoms with Crippen LogP contribution in [0.2, 0.25) is 5.02 Å². The van der Waals surface area contributed by atoms with Crippen LogP contribution < -0.4 is 10.0 Å². The predicted octanol–water partition coefficient (Wildman–Crippen LogP) is 3.20. The van der Waals surface area contributed by atoms with Crippen LogP contribution in [0.5, 0.6) is 0 Å². The lowest BCUT2D eigenvalue weighted by Crippen LogP contribution is -2.26. The largest absolute Gasteiger partial charge is 0.346 e. The van der Waals surface area contributed by atoms with E-state index in [1.165, 1.54) is 0 Å². The maximum absolute atomic E-state index is 12.2. The Bertz CT molecular complexity index is 804. The minimum atomic E-state index is -3.33. The highest BCUT2D eigenvalue weighted by molar-refractivity contribution is 7.92. The maximum Gasteiger partial charge on any atom is 0.251 e. The predicted molar refractivity (Wildman–Crippen MR) is 92.2 cm³/mol. The molecule has 0 aliphatic heterocycles. The van der Waals surface area contributed by atoms with Crippen molar-refractivity contribution in [3.05, 3.63) is 64.7 Å². The molecule has 2 aromatic rings. The minimum Gasteiger partial charge on any atom is -0.346 e. The van der Waals surface area contributed by atoms with E-state index in [1.807, 2.05) is 19.1 Å². The van der Waals surface area contributed by atoms with Gasteiger partial charge in [-0.05, 0) is 48.9 Å². The van der Waals surface area contributed by atoms with E-state index in [4.69, 9.17) is 11.6 Å². The van der Waals surface area contributed by atoms with Gasteiger partial charge in [-0.3, -0.25) is 9.52 Å². The average Bonchev–Trinajstić information content (AvgIpc) is 2.46. The van der Waals surface area contributed by atoms with Gasteiger partial charge >= 0.3 is 0 Å². The number of carbonyl (C=O) groups excluding carboxylic acids is 1. The fourth-order valence-electron chi connectivity index (χ4n) is 2.04. The maximum atomic E-state index is 12.2. The SMILES string of the molecule is C[C@H](NC(=O)c1ccc(NS(C)(=O)=O)cc1)c1cccc(Cl)c1. The van der Waals surface area contributed by atoms with Crippen molar-refractivity contribution in [2.75, 3.05) is 11.0 Å². The summed E-state index contributed by atoms with van der Waals surface area (Å²) in [6.45, 7) is 1.86. The summed E-state index contributed by atoms with van der Waals surface area (Å²) in [4.78, 5) is 12.2. The summed E-state index contributed by atoms with van der Waals surface area (Å²) in [5, 5.41) is 3.48. The molecule has 0 unspecified atom stereocenters. The van der Waals surface area contributed by atoms with Gasteiger partial charge in [-0.2, -0.15) is 0 Å². The van der Waals surface area contributed by atoms with Gasteiger partial charge in [0.15, 0.2) is 0 Å². The molecule has 0 spiro atoms. The van der Waals surface area contributed by atoms with Gasteiger partial charge in [0.25, 0.3) is 5.91 Å². The first-order valence-electron chi connectivity index (χ1n) is 6.89. The van der Waals surface area contributed by atoms with E-state index >= 15 is 0 Å². The summed E-state index contributed by atoms with van der Waals surface area (Å²) in [6, 6.07) is 13.3. The van der Waals surface area contributed by atoms with Crippen molar-refractivity contribution >= 4 is 33.2 Å². The van der Waals surface area contributed by atoms with Gasteiger partial charge in [-0.25, -0.2) is 8.42 Å². The van der Waals surface area contributed by atoms with E-state index in [0.29, 0.717) is 16.3 Å². The van der Waals surface area contributed by atoms with Crippen LogP contribution in [-0.2, 0) is 10.0 Å².